The van der Waals surface area contributed by atoms with Crippen molar-refractivity contribution in [1.82, 2.24) is 15.0 Å². The van der Waals surface area contributed by atoms with Crippen LogP contribution < -0.4 is 5.43 Å². The Morgan fingerprint density at radius 2 is 2.21 bits per heavy atom. The lowest BCUT2D eigenvalue weighted by molar-refractivity contribution is -0.136. The van der Waals surface area contributed by atoms with Crippen LogP contribution in [0.5, 0.6) is 0 Å². The third kappa shape index (κ3) is 3.85. The van der Waals surface area contributed by atoms with Crippen molar-refractivity contribution < 1.29 is 9.59 Å². The maximum absolute atomic E-state index is 12.3. The molecule has 1 aliphatic rings. The molecule has 1 aromatic rings. The average Bonchev–Trinajstić information content (AvgIpc) is 3.07. The van der Waals surface area contributed by atoms with Gasteiger partial charge in [-0.3, -0.25) is 20.0 Å². The van der Waals surface area contributed by atoms with Crippen LogP contribution in [-0.2, 0) is 16.1 Å². The van der Waals surface area contributed by atoms with Crippen LogP contribution in [0.3, 0.4) is 0 Å². The van der Waals surface area contributed by atoms with Crippen molar-refractivity contribution in [2.24, 2.45) is 0 Å². The highest BCUT2D eigenvalue weighted by molar-refractivity contribution is 6.02. The summed E-state index contributed by atoms with van der Waals surface area (Å²) in [5, 5.41) is 10.6. The summed E-state index contributed by atoms with van der Waals surface area (Å²) in [5.74, 6) is -0.649. The number of aromatic nitrogens is 1. The number of nitrogens with zero attached hydrogens (tertiary/aromatic N) is 3. The van der Waals surface area contributed by atoms with Crippen molar-refractivity contribution in [2.75, 3.05) is 6.54 Å². The van der Waals surface area contributed by atoms with Crippen LogP contribution in [0.2, 0.25) is 0 Å². The Bertz CT molecular complexity index is 709. The number of nitrogens with one attached hydrogen (secondary N) is 1. The normalized spacial score (nSPS) is 14.8. The molecule has 0 radical (unpaired) electrons. The van der Waals surface area contributed by atoms with E-state index in [9.17, 15) is 14.9 Å². The Morgan fingerprint density at radius 1 is 1.46 bits per heavy atom. The summed E-state index contributed by atoms with van der Waals surface area (Å²) < 4.78 is 2.20. The Kier molecular flexibility index (Phi) is 5.80. The van der Waals surface area contributed by atoms with Crippen LogP contribution in [0, 0.1) is 25.2 Å². The first-order valence-electron chi connectivity index (χ1n) is 8.37. The largest absolute Gasteiger partial charge is 0.349 e. The van der Waals surface area contributed by atoms with E-state index < -0.39 is 5.91 Å². The van der Waals surface area contributed by atoms with Crippen molar-refractivity contribution in [3.63, 3.8) is 0 Å². The zero-order valence-corrected chi connectivity index (χ0v) is 14.6. The minimum absolute atomic E-state index is 0.00504. The summed E-state index contributed by atoms with van der Waals surface area (Å²) in [4.78, 5) is 23.8. The number of hydrogen-bond donors (Lipinski definition) is 1. The fraction of sp³-hybridized carbons (Fsp3) is 0.500. The third-order valence-corrected chi connectivity index (χ3v) is 4.32. The summed E-state index contributed by atoms with van der Waals surface area (Å²) in [5.41, 5.74) is 5.54. The van der Waals surface area contributed by atoms with Crippen LogP contribution in [0.1, 0.15) is 49.6 Å². The van der Waals surface area contributed by atoms with Crippen LogP contribution in [0.15, 0.2) is 11.6 Å². The monoisotopic (exact) mass is 328 g/mol. The second-order valence-corrected chi connectivity index (χ2v) is 6.09. The molecule has 0 aromatic carbocycles. The van der Waals surface area contributed by atoms with Crippen molar-refractivity contribution >= 4 is 17.9 Å². The van der Waals surface area contributed by atoms with E-state index >= 15 is 0 Å². The topological polar surface area (TPSA) is 78.1 Å². The Hall–Kier alpha value is -2.55. The lowest BCUT2D eigenvalue weighted by Crippen LogP contribution is -2.43. The van der Waals surface area contributed by atoms with Gasteiger partial charge in [-0.15, -0.1) is 0 Å². The van der Waals surface area contributed by atoms with Gasteiger partial charge in [0.15, 0.2) is 0 Å². The quantitative estimate of drug-likeness (QED) is 0.643. The van der Waals surface area contributed by atoms with Crippen LogP contribution in [-0.4, -0.2) is 27.9 Å². The molecule has 0 unspecified atom stereocenters. The number of carbonyl (C=O) groups excluding carboxylic acids is 2. The number of hydrogen-bond acceptors (Lipinski definition) is 3. The van der Waals surface area contributed by atoms with Crippen molar-refractivity contribution in [2.45, 2.75) is 53.0 Å². The molecule has 0 spiro atoms. The molecular weight excluding hydrogens is 304 g/mol. The standard InChI is InChI=1S/C18H24N4O2/c1-4-5-8-21-13(2)10-15(14(21)3)11-16(12-19)18(24)20-22-9-6-7-17(22)23/h10-11H,4-9H2,1-3H3,(H,20,24)/b16-11+. The summed E-state index contributed by atoms with van der Waals surface area (Å²) in [7, 11) is 0. The molecule has 0 aliphatic carbocycles. The van der Waals surface area contributed by atoms with Gasteiger partial charge in [0, 0.05) is 30.9 Å². The molecule has 2 rings (SSSR count). The maximum Gasteiger partial charge on any atom is 0.280 e. The Labute approximate surface area is 142 Å². The molecule has 1 fully saturated rings. The lowest BCUT2D eigenvalue weighted by Gasteiger charge is -2.16. The number of carbonyl (C=O) groups is 2. The molecule has 0 saturated carbocycles. The Balaban J connectivity index is 2.19. The van der Waals surface area contributed by atoms with Gasteiger partial charge in [0.25, 0.3) is 5.91 Å². The van der Waals surface area contributed by atoms with E-state index in [2.05, 4.69) is 16.9 Å². The molecular formula is C18H24N4O2. The minimum Gasteiger partial charge on any atom is -0.349 e. The number of rotatable bonds is 6. The van der Waals surface area contributed by atoms with Gasteiger partial charge in [0.2, 0.25) is 5.91 Å². The summed E-state index contributed by atoms with van der Waals surface area (Å²) in [6.07, 6.45) is 4.95. The molecule has 0 atom stereocenters. The second kappa shape index (κ2) is 7.82. The van der Waals surface area contributed by atoms with Gasteiger partial charge >= 0.3 is 0 Å². The van der Waals surface area contributed by atoms with E-state index in [0.717, 1.165) is 42.8 Å². The van der Waals surface area contributed by atoms with E-state index in [-0.39, 0.29) is 11.5 Å². The number of nitriles is 1. The van der Waals surface area contributed by atoms with Gasteiger partial charge in [-0.1, -0.05) is 13.3 Å². The van der Waals surface area contributed by atoms with E-state index in [0.29, 0.717) is 13.0 Å². The van der Waals surface area contributed by atoms with Gasteiger partial charge in [0.1, 0.15) is 11.6 Å². The molecule has 2 amide bonds. The predicted octanol–water partition coefficient (Wildman–Crippen LogP) is 2.47. The molecule has 1 aliphatic heterocycles. The van der Waals surface area contributed by atoms with Gasteiger partial charge in [-0.05, 0) is 44.4 Å². The van der Waals surface area contributed by atoms with E-state index in [1.807, 2.05) is 26.0 Å². The number of hydrazine groups is 1. The predicted molar refractivity (Wildman–Crippen MR) is 91.5 cm³/mol. The highest BCUT2D eigenvalue weighted by Crippen LogP contribution is 2.19. The average molecular weight is 328 g/mol. The van der Waals surface area contributed by atoms with E-state index in [1.54, 1.807) is 6.08 Å². The molecule has 0 bridgehead atoms. The summed E-state index contributed by atoms with van der Waals surface area (Å²) >= 11 is 0. The van der Waals surface area contributed by atoms with Crippen molar-refractivity contribution in [3.05, 3.63) is 28.6 Å². The molecule has 1 N–H and O–H groups in total. The molecule has 1 saturated heterocycles. The van der Waals surface area contributed by atoms with Gasteiger partial charge in [-0.2, -0.15) is 5.26 Å². The highest BCUT2D eigenvalue weighted by Gasteiger charge is 2.23. The first-order chi connectivity index (χ1) is 11.5. The lowest BCUT2D eigenvalue weighted by atomic mass is 10.1. The zero-order chi connectivity index (χ0) is 17.7. The molecule has 6 heteroatoms. The number of aryl methyl sites for hydroxylation is 1. The summed E-state index contributed by atoms with van der Waals surface area (Å²) in [6.45, 7) is 7.58. The number of amides is 2. The smallest absolute Gasteiger partial charge is 0.280 e. The SMILES string of the molecule is CCCCn1c(C)cc(/C=C(\C#N)C(=O)NN2CCCC2=O)c1C. The van der Waals surface area contributed by atoms with Crippen molar-refractivity contribution in [1.29, 1.82) is 5.26 Å². The van der Waals surface area contributed by atoms with Crippen LogP contribution >= 0.6 is 0 Å². The number of unbranched alkanes of at least 4 members (excludes halogenated alkanes) is 1. The second-order valence-electron chi connectivity index (χ2n) is 6.09. The van der Waals surface area contributed by atoms with Gasteiger partial charge in [0.05, 0.1) is 0 Å². The van der Waals surface area contributed by atoms with Crippen LogP contribution in [0.25, 0.3) is 6.08 Å². The van der Waals surface area contributed by atoms with E-state index in [1.165, 1.54) is 5.01 Å². The van der Waals surface area contributed by atoms with Gasteiger partial charge in [-0.25, -0.2) is 0 Å². The molecule has 2 heterocycles. The molecule has 24 heavy (non-hydrogen) atoms. The van der Waals surface area contributed by atoms with E-state index in [4.69, 9.17) is 0 Å². The first-order valence-corrected chi connectivity index (χ1v) is 8.37. The molecule has 6 nitrogen and oxygen atoms in total. The maximum atomic E-state index is 12.3. The third-order valence-electron chi connectivity index (χ3n) is 4.32. The summed E-state index contributed by atoms with van der Waals surface area (Å²) in [6, 6.07) is 3.92. The van der Waals surface area contributed by atoms with Crippen LogP contribution in [0.4, 0.5) is 0 Å². The Morgan fingerprint density at radius 3 is 2.79 bits per heavy atom. The highest BCUT2D eigenvalue weighted by atomic mass is 16.2. The fourth-order valence-electron chi connectivity index (χ4n) is 2.89. The molecule has 128 valence electrons. The zero-order valence-electron chi connectivity index (χ0n) is 14.6. The van der Waals surface area contributed by atoms with Gasteiger partial charge < -0.3 is 4.57 Å². The molecule has 1 aromatic heterocycles. The first kappa shape index (κ1) is 17.8. The fourth-order valence-corrected chi connectivity index (χ4v) is 2.89. The van der Waals surface area contributed by atoms with Crippen molar-refractivity contribution in [3.8, 4) is 6.07 Å². The minimum atomic E-state index is -0.536.